The van der Waals surface area contributed by atoms with Crippen LogP contribution >= 0.6 is 33.9 Å². The fourth-order valence-electron chi connectivity index (χ4n) is 1.51. The molecule has 7 nitrogen and oxygen atoms in total. The van der Waals surface area contributed by atoms with E-state index in [4.69, 9.17) is 5.11 Å². The number of aromatic carboxylic acids is 1. The molecule has 1 aromatic heterocycles. The Morgan fingerprint density at radius 1 is 1.38 bits per heavy atom. The minimum atomic E-state index is -4.56. The molecule has 2 aromatic rings. The molecule has 0 unspecified atom stereocenters. The molecule has 2 rings (SSSR count). The highest BCUT2D eigenvalue weighted by Crippen LogP contribution is 2.26. The molecule has 0 aliphatic heterocycles. The normalized spacial score (nSPS) is 11.3. The Bertz CT molecular complexity index is 774. The van der Waals surface area contributed by atoms with Crippen LogP contribution in [0.3, 0.4) is 0 Å². The van der Waals surface area contributed by atoms with Crippen LogP contribution in [0.4, 0.5) is 5.13 Å². The number of aromatic nitrogens is 1. The summed E-state index contributed by atoms with van der Waals surface area (Å²) in [6.45, 7) is -0.134. The number of hydrogen-bond acceptors (Lipinski definition) is 5. The van der Waals surface area contributed by atoms with E-state index < -0.39 is 16.3 Å². The van der Waals surface area contributed by atoms with Gasteiger partial charge in [-0.25, -0.2) is 14.1 Å². The van der Waals surface area contributed by atoms with E-state index in [1.54, 1.807) is 24.3 Å². The van der Waals surface area contributed by atoms with E-state index in [9.17, 15) is 17.8 Å². The highest BCUT2D eigenvalue weighted by atomic mass is 127. The number of anilines is 1. The summed E-state index contributed by atoms with van der Waals surface area (Å²) in [5.41, 5.74) is 0.397. The monoisotopic (exact) mass is 440 g/mol. The summed E-state index contributed by atoms with van der Waals surface area (Å²) in [6, 6.07) is 7.05. The summed E-state index contributed by atoms with van der Waals surface area (Å²) < 4.78 is 33.9. The predicted molar refractivity (Wildman–Crippen MR) is 86.0 cm³/mol. The van der Waals surface area contributed by atoms with Crippen molar-refractivity contribution in [3.05, 3.63) is 44.5 Å². The van der Waals surface area contributed by atoms with E-state index in [-0.39, 0.29) is 17.4 Å². The maximum Gasteiger partial charge on any atom is 0.362 e. The zero-order chi connectivity index (χ0) is 15.6. The van der Waals surface area contributed by atoms with Crippen molar-refractivity contribution in [1.29, 1.82) is 0 Å². The molecule has 0 atom stereocenters. The second kappa shape index (κ2) is 6.25. The van der Waals surface area contributed by atoms with Crippen LogP contribution in [0.2, 0.25) is 0 Å². The number of rotatable bonds is 5. The van der Waals surface area contributed by atoms with E-state index >= 15 is 0 Å². The second-order valence-corrected chi connectivity index (χ2v) is 7.23. The van der Waals surface area contributed by atoms with Crippen LogP contribution in [-0.2, 0) is 16.8 Å². The number of carbonyl (C=O) groups is 1. The predicted octanol–water partition coefficient (Wildman–Crippen LogP) is 2.26. The first-order chi connectivity index (χ1) is 9.79. The molecule has 1 aromatic carbocycles. The Balaban J connectivity index is 2.40. The molecule has 0 saturated heterocycles. The van der Waals surface area contributed by atoms with Gasteiger partial charge in [0.25, 0.3) is 0 Å². The van der Waals surface area contributed by atoms with Crippen LogP contribution in [0.15, 0.2) is 29.6 Å². The molecule has 0 aliphatic rings. The van der Waals surface area contributed by atoms with Gasteiger partial charge in [-0.2, -0.15) is 8.42 Å². The van der Waals surface area contributed by atoms with Gasteiger partial charge < -0.3 is 5.11 Å². The van der Waals surface area contributed by atoms with Gasteiger partial charge in [-0.15, -0.1) is 11.3 Å². The number of benzene rings is 1. The summed E-state index contributed by atoms with van der Waals surface area (Å²) in [7, 11) is -4.56. The summed E-state index contributed by atoms with van der Waals surface area (Å²) in [6.07, 6.45) is 0. The molecule has 2 N–H and O–H groups in total. The molecule has 0 saturated carbocycles. The Morgan fingerprint density at radius 2 is 2.05 bits per heavy atom. The molecule has 0 radical (unpaired) electrons. The summed E-state index contributed by atoms with van der Waals surface area (Å²) in [5, 5.41) is 9.94. The second-order valence-electron chi connectivity index (χ2n) is 3.90. The van der Waals surface area contributed by atoms with Crippen LogP contribution in [0, 0.1) is 3.57 Å². The van der Waals surface area contributed by atoms with Gasteiger partial charge in [0.05, 0.1) is 6.54 Å². The van der Waals surface area contributed by atoms with Crippen LogP contribution in [0.1, 0.15) is 16.1 Å². The third kappa shape index (κ3) is 3.90. The van der Waals surface area contributed by atoms with Gasteiger partial charge in [0, 0.05) is 8.95 Å². The maximum atomic E-state index is 11.5. The minimum Gasteiger partial charge on any atom is -0.476 e. The van der Waals surface area contributed by atoms with Crippen molar-refractivity contribution in [2.45, 2.75) is 6.54 Å². The fourth-order valence-corrected chi connectivity index (χ4v) is 3.72. The van der Waals surface area contributed by atoms with Crippen LogP contribution in [0.5, 0.6) is 0 Å². The van der Waals surface area contributed by atoms with Gasteiger partial charge in [0.2, 0.25) is 5.13 Å². The van der Waals surface area contributed by atoms with Crippen molar-refractivity contribution >= 4 is 55.3 Å². The summed E-state index contributed by atoms with van der Waals surface area (Å²) in [4.78, 5) is 14.5. The van der Waals surface area contributed by atoms with Gasteiger partial charge >= 0.3 is 16.3 Å². The number of halogens is 1. The first-order valence-corrected chi connectivity index (χ1v) is 8.82. The third-order valence-electron chi connectivity index (χ3n) is 2.47. The lowest BCUT2D eigenvalue weighted by Crippen LogP contribution is -2.30. The average Bonchev–Trinajstić information content (AvgIpc) is 2.85. The van der Waals surface area contributed by atoms with Crippen LogP contribution in [0.25, 0.3) is 0 Å². The Labute approximate surface area is 138 Å². The smallest absolute Gasteiger partial charge is 0.362 e. The Hall–Kier alpha value is -1.24. The highest BCUT2D eigenvalue weighted by molar-refractivity contribution is 14.1. The van der Waals surface area contributed by atoms with Crippen molar-refractivity contribution in [2.75, 3.05) is 4.31 Å². The quantitative estimate of drug-likeness (QED) is 0.546. The average molecular weight is 440 g/mol. The maximum absolute atomic E-state index is 11.5. The van der Waals surface area contributed by atoms with Crippen LogP contribution < -0.4 is 4.31 Å². The number of carboxylic acid groups (broad SMARTS) is 1. The molecule has 0 bridgehead atoms. The molecular weight excluding hydrogens is 431 g/mol. The highest BCUT2D eigenvalue weighted by Gasteiger charge is 2.25. The molecule has 21 heavy (non-hydrogen) atoms. The lowest BCUT2D eigenvalue weighted by molar-refractivity contribution is 0.0691. The topological polar surface area (TPSA) is 108 Å². The SMILES string of the molecule is O=C(O)c1csc(N(Cc2ccccc2I)S(=O)(=O)O)n1. The van der Waals surface area contributed by atoms with Gasteiger partial charge in [-0.3, -0.25) is 4.55 Å². The molecule has 0 amide bonds. The van der Waals surface area contributed by atoms with Gasteiger partial charge in [0.1, 0.15) is 0 Å². The summed E-state index contributed by atoms with van der Waals surface area (Å²) in [5.74, 6) is -1.26. The van der Waals surface area contributed by atoms with E-state index in [1.807, 2.05) is 22.6 Å². The standard InChI is InChI=1S/C11H9IN2O5S2/c12-8-4-2-1-3-7(8)5-14(21(17,18)19)11-13-9(6-20-11)10(15)16/h1-4,6H,5H2,(H,15,16)(H,17,18,19). The largest absolute Gasteiger partial charge is 0.476 e. The Kier molecular flexibility index (Phi) is 4.81. The van der Waals surface area contributed by atoms with Gasteiger partial charge in [0.15, 0.2) is 5.69 Å². The van der Waals surface area contributed by atoms with Crippen molar-refractivity contribution in [3.63, 3.8) is 0 Å². The van der Waals surface area contributed by atoms with Crippen molar-refractivity contribution in [3.8, 4) is 0 Å². The van der Waals surface area contributed by atoms with Gasteiger partial charge in [-0.1, -0.05) is 18.2 Å². The van der Waals surface area contributed by atoms with Gasteiger partial charge in [-0.05, 0) is 34.2 Å². The van der Waals surface area contributed by atoms with Crippen molar-refractivity contribution < 1.29 is 22.9 Å². The van der Waals surface area contributed by atoms with E-state index in [0.717, 1.165) is 14.9 Å². The zero-order valence-electron chi connectivity index (χ0n) is 10.3. The summed E-state index contributed by atoms with van der Waals surface area (Å²) >= 11 is 2.87. The molecular formula is C11H9IN2O5S2. The van der Waals surface area contributed by atoms with Crippen LogP contribution in [-0.4, -0.2) is 29.0 Å². The molecule has 0 spiro atoms. The van der Waals surface area contributed by atoms with E-state index in [1.165, 1.54) is 5.38 Å². The molecule has 0 fully saturated rings. The lowest BCUT2D eigenvalue weighted by atomic mass is 10.2. The third-order valence-corrected chi connectivity index (χ3v) is 5.37. The zero-order valence-corrected chi connectivity index (χ0v) is 14.1. The number of thiazole rings is 1. The lowest BCUT2D eigenvalue weighted by Gasteiger charge is -2.18. The Morgan fingerprint density at radius 3 is 2.57 bits per heavy atom. The minimum absolute atomic E-state index is 0.102. The van der Waals surface area contributed by atoms with Crippen molar-refractivity contribution in [2.24, 2.45) is 0 Å². The number of nitrogens with zero attached hydrogens (tertiary/aromatic N) is 2. The number of hydrogen-bond donors (Lipinski definition) is 2. The van der Waals surface area contributed by atoms with Crippen molar-refractivity contribution in [1.82, 2.24) is 4.98 Å². The van der Waals surface area contributed by atoms with E-state index in [0.29, 0.717) is 9.87 Å². The number of carboxylic acids is 1. The molecule has 0 aliphatic carbocycles. The first kappa shape index (κ1) is 16.1. The first-order valence-electron chi connectivity index (χ1n) is 5.46. The molecule has 112 valence electrons. The van der Waals surface area contributed by atoms with E-state index in [2.05, 4.69) is 4.98 Å². The molecule has 1 heterocycles. The molecule has 10 heteroatoms. The fraction of sp³-hybridized carbons (Fsp3) is 0.0909.